The second-order valence-corrected chi connectivity index (χ2v) is 8.54. The van der Waals surface area contributed by atoms with Crippen molar-refractivity contribution in [3.8, 4) is 28.7 Å². The Labute approximate surface area is 198 Å². The molecule has 2 aromatic carbocycles. The van der Waals surface area contributed by atoms with Crippen LogP contribution in [0.1, 0.15) is 40.9 Å². The minimum absolute atomic E-state index is 0.316. The number of nitriles is 1. The van der Waals surface area contributed by atoms with E-state index in [1.54, 1.807) is 18.3 Å². The van der Waals surface area contributed by atoms with Gasteiger partial charge in [-0.05, 0) is 61.3 Å². The lowest BCUT2D eigenvalue weighted by molar-refractivity contribution is 0.102. The van der Waals surface area contributed by atoms with Crippen LogP contribution in [0.15, 0.2) is 54.7 Å². The van der Waals surface area contributed by atoms with Gasteiger partial charge in [0.05, 0.1) is 11.3 Å². The molecule has 1 saturated heterocycles. The normalized spacial score (nSPS) is 15.4. The van der Waals surface area contributed by atoms with E-state index in [0.29, 0.717) is 47.2 Å². The Morgan fingerprint density at radius 2 is 1.85 bits per heavy atom. The topological polar surface area (TPSA) is 87.5 Å². The van der Waals surface area contributed by atoms with E-state index in [-0.39, 0.29) is 5.91 Å². The SMILES string of the molecule is N#Cc1c(NC(=O)c2ccc(CN3CCCCC3)cn2)cccc1-c1ccc2c(c1)OCCO2. The van der Waals surface area contributed by atoms with Gasteiger partial charge in [-0.15, -0.1) is 0 Å². The molecule has 1 amide bonds. The van der Waals surface area contributed by atoms with Crippen molar-refractivity contribution in [3.63, 3.8) is 0 Å². The number of anilines is 1. The number of amides is 1. The van der Waals surface area contributed by atoms with Crippen LogP contribution in [0.4, 0.5) is 5.69 Å². The molecule has 1 fully saturated rings. The molecule has 1 N–H and O–H groups in total. The first-order valence-electron chi connectivity index (χ1n) is 11.6. The molecule has 0 spiro atoms. The molecular formula is C27H26N4O3. The molecule has 0 radical (unpaired) electrons. The van der Waals surface area contributed by atoms with Gasteiger partial charge in [-0.1, -0.05) is 30.7 Å². The van der Waals surface area contributed by atoms with Crippen molar-refractivity contribution in [2.45, 2.75) is 25.8 Å². The third-order valence-corrected chi connectivity index (χ3v) is 6.19. The Kier molecular flexibility index (Phi) is 6.41. The van der Waals surface area contributed by atoms with Gasteiger partial charge in [0.1, 0.15) is 25.0 Å². The fraction of sp³-hybridized carbons (Fsp3) is 0.296. The largest absolute Gasteiger partial charge is 0.486 e. The number of hydrogen-bond acceptors (Lipinski definition) is 6. The average Bonchev–Trinajstić information content (AvgIpc) is 2.89. The predicted octanol–water partition coefficient (Wildman–Crippen LogP) is 4.63. The lowest BCUT2D eigenvalue weighted by Gasteiger charge is -2.26. The van der Waals surface area contributed by atoms with Crippen LogP contribution >= 0.6 is 0 Å². The Balaban J connectivity index is 1.33. The first kappa shape index (κ1) is 21.9. The lowest BCUT2D eigenvalue weighted by atomic mass is 9.98. The van der Waals surface area contributed by atoms with E-state index in [1.165, 1.54) is 19.3 Å². The maximum absolute atomic E-state index is 12.9. The van der Waals surface area contributed by atoms with Crippen LogP contribution < -0.4 is 14.8 Å². The summed E-state index contributed by atoms with van der Waals surface area (Å²) in [7, 11) is 0. The summed E-state index contributed by atoms with van der Waals surface area (Å²) in [5.74, 6) is 0.990. The third-order valence-electron chi connectivity index (χ3n) is 6.19. The van der Waals surface area contributed by atoms with Crippen LogP contribution in [0.5, 0.6) is 11.5 Å². The molecule has 0 atom stereocenters. The van der Waals surface area contributed by atoms with Crippen molar-refractivity contribution >= 4 is 11.6 Å². The number of nitrogens with zero attached hydrogens (tertiary/aromatic N) is 3. The smallest absolute Gasteiger partial charge is 0.274 e. The first-order chi connectivity index (χ1) is 16.7. The van der Waals surface area contributed by atoms with E-state index in [2.05, 4.69) is 21.3 Å². The molecule has 7 nitrogen and oxygen atoms in total. The highest BCUT2D eigenvalue weighted by atomic mass is 16.6. The van der Waals surface area contributed by atoms with Crippen molar-refractivity contribution < 1.29 is 14.3 Å². The number of rotatable bonds is 5. The first-order valence-corrected chi connectivity index (χ1v) is 11.6. The fourth-order valence-corrected chi connectivity index (χ4v) is 4.44. The molecule has 0 unspecified atom stereocenters. The van der Waals surface area contributed by atoms with Crippen LogP contribution in [-0.2, 0) is 6.54 Å². The van der Waals surface area contributed by atoms with Crippen LogP contribution in [0, 0.1) is 11.3 Å². The Morgan fingerprint density at radius 3 is 2.62 bits per heavy atom. The van der Waals surface area contributed by atoms with Gasteiger partial charge in [0.15, 0.2) is 11.5 Å². The minimum Gasteiger partial charge on any atom is -0.486 e. The van der Waals surface area contributed by atoms with E-state index in [4.69, 9.17) is 9.47 Å². The van der Waals surface area contributed by atoms with Crippen LogP contribution in [-0.4, -0.2) is 42.1 Å². The quantitative estimate of drug-likeness (QED) is 0.605. The minimum atomic E-state index is -0.347. The number of aromatic nitrogens is 1. The summed E-state index contributed by atoms with van der Waals surface area (Å²) in [6.45, 7) is 4.08. The van der Waals surface area contributed by atoms with E-state index in [1.807, 2.05) is 36.4 Å². The molecule has 172 valence electrons. The molecule has 1 aromatic heterocycles. The monoisotopic (exact) mass is 454 g/mol. The number of fused-ring (bicyclic) bond motifs is 1. The van der Waals surface area contributed by atoms with Crippen molar-refractivity contribution in [3.05, 3.63) is 71.5 Å². The number of likely N-dealkylation sites (tertiary alicyclic amines) is 1. The van der Waals surface area contributed by atoms with Gasteiger partial charge in [0, 0.05) is 18.3 Å². The highest BCUT2D eigenvalue weighted by Gasteiger charge is 2.18. The second-order valence-electron chi connectivity index (χ2n) is 8.54. The predicted molar refractivity (Wildman–Crippen MR) is 129 cm³/mol. The van der Waals surface area contributed by atoms with E-state index in [0.717, 1.165) is 30.8 Å². The Bertz CT molecular complexity index is 1230. The van der Waals surface area contributed by atoms with E-state index < -0.39 is 0 Å². The molecule has 2 aliphatic heterocycles. The molecule has 2 aliphatic rings. The van der Waals surface area contributed by atoms with Gasteiger partial charge in [0.2, 0.25) is 0 Å². The molecular weight excluding hydrogens is 428 g/mol. The van der Waals surface area contributed by atoms with E-state index >= 15 is 0 Å². The maximum atomic E-state index is 12.9. The average molecular weight is 455 g/mol. The van der Waals surface area contributed by atoms with E-state index in [9.17, 15) is 10.1 Å². The standard InChI is InChI=1S/C27H26N4O3/c28-16-22-21(20-8-10-25-26(15-20)34-14-13-33-25)5-4-6-23(22)30-27(32)24-9-7-19(17-29-24)18-31-11-2-1-3-12-31/h4-10,15,17H,1-3,11-14,18H2,(H,30,32). The Hall–Kier alpha value is -3.89. The molecule has 0 saturated carbocycles. The molecule has 0 bridgehead atoms. The molecule has 3 aromatic rings. The number of benzene rings is 2. The number of carbonyl (C=O) groups is 1. The summed E-state index contributed by atoms with van der Waals surface area (Å²) in [6.07, 6.45) is 5.54. The van der Waals surface area contributed by atoms with Gasteiger partial charge in [-0.3, -0.25) is 14.7 Å². The van der Waals surface area contributed by atoms with Crippen molar-refractivity contribution in [2.75, 3.05) is 31.6 Å². The zero-order chi connectivity index (χ0) is 23.3. The molecule has 5 rings (SSSR count). The number of piperidine rings is 1. The second kappa shape index (κ2) is 9.94. The van der Waals surface area contributed by atoms with Crippen LogP contribution in [0.2, 0.25) is 0 Å². The number of pyridine rings is 1. The summed E-state index contributed by atoms with van der Waals surface area (Å²) < 4.78 is 11.3. The summed E-state index contributed by atoms with van der Waals surface area (Å²) >= 11 is 0. The van der Waals surface area contributed by atoms with Crippen molar-refractivity contribution in [2.24, 2.45) is 0 Å². The summed E-state index contributed by atoms with van der Waals surface area (Å²) in [5, 5.41) is 12.8. The van der Waals surface area contributed by atoms with Gasteiger partial charge in [0.25, 0.3) is 5.91 Å². The van der Waals surface area contributed by atoms with Crippen LogP contribution in [0.25, 0.3) is 11.1 Å². The summed E-state index contributed by atoms with van der Waals surface area (Å²) in [6, 6.07) is 16.9. The number of ether oxygens (including phenoxy) is 2. The molecule has 34 heavy (non-hydrogen) atoms. The fourth-order valence-electron chi connectivity index (χ4n) is 4.44. The van der Waals surface area contributed by atoms with Gasteiger partial charge >= 0.3 is 0 Å². The number of carbonyl (C=O) groups excluding carboxylic acids is 1. The zero-order valence-corrected chi connectivity index (χ0v) is 18.9. The third kappa shape index (κ3) is 4.73. The summed E-state index contributed by atoms with van der Waals surface area (Å²) in [5.41, 5.74) is 3.76. The van der Waals surface area contributed by atoms with Gasteiger partial charge in [-0.25, -0.2) is 0 Å². The van der Waals surface area contributed by atoms with Gasteiger partial charge < -0.3 is 14.8 Å². The lowest BCUT2D eigenvalue weighted by Crippen LogP contribution is -2.29. The molecule has 3 heterocycles. The molecule has 7 heteroatoms. The van der Waals surface area contributed by atoms with Crippen molar-refractivity contribution in [1.82, 2.24) is 9.88 Å². The highest BCUT2D eigenvalue weighted by molar-refractivity contribution is 6.04. The van der Waals surface area contributed by atoms with Gasteiger partial charge in [-0.2, -0.15) is 5.26 Å². The molecule has 0 aliphatic carbocycles. The maximum Gasteiger partial charge on any atom is 0.274 e. The zero-order valence-electron chi connectivity index (χ0n) is 18.9. The van der Waals surface area contributed by atoms with Crippen molar-refractivity contribution in [1.29, 1.82) is 5.26 Å². The number of nitrogens with one attached hydrogen (secondary N) is 1. The number of hydrogen-bond donors (Lipinski definition) is 1. The Morgan fingerprint density at radius 1 is 1.03 bits per heavy atom. The van der Waals surface area contributed by atoms with Crippen LogP contribution in [0.3, 0.4) is 0 Å². The summed E-state index contributed by atoms with van der Waals surface area (Å²) in [4.78, 5) is 19.7. The highest BCUT2D eigenvalue weighted by Crippen LogP contribution is 2.37.